The fraction of sp³-hybridized carbons (Fsp3) is 0.667. The van der Waals surface area contributed by atoms with Gasteiger partial charge in [-0.15, -0.1) is 0 Å². The minimum atomic E-state index is -1.53. The highest BCUT2D eigenvalue weighted by Gasteiger charge is 2.39. The van der Waals surface area contributed by atoms with Gasteiger partial charge in [0.2, 0.25) is 0 Å². The Morgan fingerprint density at radius 1 is 1.50 bits per heavy atom. The minimum absolute atomic E-state index is 0.236. The van der Waals surface area contributed by atoms with Crippen molar-refractivity contribution in [3.63, 3.8) is 0 Å². The smallest absolute Gasteiger partial charge is 0.303 e. The lowest BCUT2D eigenvalue weighted by Crippen LogP contribution is -2.51. The van der Waals surface area contributed by atoms with Crippen LogP contribution < -0.4 is 0 Å². The monoisotopic (exact) mass is 186 g/mol. The van der Waals surface area contributed by atoms with E-state index >= 15 is 0 Å². The van der Waals surface area contributed by atoms with Gasteiger partial charge in [-0.2, -0.15) is 0 Å². The second kappa shape index (κ2) is 3.43. The van der Waals surface area contributed by atoms with Crippen molar-refractivity contribution in [2.24, 2.45) is 0 Å². The lowest BCUT2D eigenvalue weighted by molar-refractivity contribution is -0.146. The van der Waals surface area contributed by atoms with Gasteiger partial charge in [-0.3, -0.25) is 4.79 Å². The van der Waals surface area contributed by atoms with E-state index in [2.05, 4.69) is 26.2 Å². The van der Waals surface area contributed by atoms with Crippen LogP contribution in [0.5, 0.6) is 0 Å². The Kier molecular flexibility index (Phi) is 3.27. The highest BCUT2D eigenvalue weighted by Crippen LogP contribution is 2.25. The van der Waals surface area contributed by atoms with Gasteiger partial charge in [0.15, 0.2) is 0 Å². The second-order valence-corrected chi connectivity index (χ2v) is 9.65. The molecule has 70 valence electrons. The van der Waals surface area contributed by atoms with Crippen LogP contribution in [0.2, 0.25) is 19.6 Å². The molecule has 0 amide bonds. The van der Waals surface area contributed by atoms with Crippen LogP contribution in [-0.4, -0.2) is 19.3 Å². The van der Waals surface area contributed by atoms with Crippen molar-refractivity contribution < 1.29 is 9.53 Å². The van der Waals surface area contributed by atoms with Crippen molar-refractivity contribution in [2.75, 3.05) is 0 Å². The Labute approximate surface area is 75.6 Å². The van der Waals surface area contributed by atoms with Crippen LogP contribution in [0, 0.1) is 0 Å². The number of rotatable bonds is 3. The van der Waals surface area contributed by atoms with Crippen molar-refractivity contribution in [1.82, 2.24) is 0 Å². The van der Waals surface area contributed by atoms with Crippen LogP contribution in [0.3, 0.4) is 0 Å². The molecule has 0 aromatic rings. The molecule has 1 unspecified atom stereocenters. The number of carbonyl (C=O) groups is 1. The first-order valence-corrected chi connectivity index (χ1v) is 7.56. The summed E-state index contributed by atoms with van der Waals surface area (Å²) in [5.41, 5.74) is 0. The van der Waals surface area contributed by atoms with Gasteiger partial charge in [-0.1, -0.05) is 32.3 Å². The first kappa shape index (κ1) is 11.4. The van der Waals surface area contributed by atoms with Crippen LogP contribution in [0.4, 0.5) is 0 Å². The quantitative estimate of drug-likeness (QED) is 0.384. The number of carbonyl (C=O) groups excluding carboxylic acids is 1. The normalized spacial score (nSPS) is 16.4. The van der Waals surface area contributed by atoms with E-state index in [1.165, 1.54) is 6.92 Å². The van der Waals surface area contributed by atoms with Crippen molar-refractivity contribution in [3.05, 3.63) is 12.7 Å². The molecule has 0 aliphatic carbocycles. The maximum Gasteiger partial charge on any atom is 0.303 e. The molecule has 0 aliphatic heterocycles. The maximum absolute atomic E-state index is 10.8. The molecule has 0 heterocycles. The lowest BCUT2D eigenvalue weighted by Gasteiger charge is -2.36. The van der Waals surface area contributed by atoms with Gasteiger partial charge in [-0.25, -0.2) is 0 Å². The predicted octanol–water partition coefficient (Wildman–Crippen LogP) is 2.37. The summed E-state index contributed by atoms with van der Waals surface area (Å²) in [7, 11) is -1.53. The summed E-state index contributed by atoms with van der Waals surface area (Å²) in [6.07, 6.45) is 1.74. The first-order chi connectivity index (χ1) is 5.23. The minimum Gasteiger partial charge on any atom is -0.459 e. The molecule has 0 fully saturated rings. The molecule has 3 heteroatoms. The fourth-order valence-corrected chi connectivity index (χ4v) is 1.86. The number of ether oxygens (including phenoxy) is 1. The zero-order valence-electron chi connectivity index (χ0n) is 8.60. The first-order valence-electron chi connectivity index (χ1n) is 4.06. The summed E-state index contributed by atoms with van der Waals surface area (Å²) in [6.45, 7) is 13.5. The average molecular weight is 186 g/mol. The van der Waals surface area contributed by atoms with Crippen molar-refractivity contribution >= 4 is 14.0 Å². The van der Waals surface area contributed by atoms with Gasteiger partial charge in [0.1, 0.15) is 13.3 Å². The summed E-state index contributed by atoms with van der Waals surface area (Å²) in [5.74, 6) is -0.236. The third kappa shape index (κ3) is 2.48. The third-order valence-electron chi connectivity index (χ3n) is 2.23. The topological polar surface area (TPSA) is 26.3 Å². The van der Waals surface area contributed by atoms with Crippen molar-refractivity contribution in [2.45, 2.75) is 38.7 Å². The van der Waals surface area contributed by atoms with Crippen LogP contribution in [-0.2, 0) is 9.53 Å². The van der Waals surface area contributed by atoms with Crippen LogP contribution in [0.15, 0.2) is 12.7 Å². The van der Waals surface area contributed by atoms with Gasteiger partial charge in [0, 0.05) is 6.92 Å². The largest absolute Gasteiger partial charge is 0.459 e. The van der Waals surface area contributed by atoms with Gasteiger partial charge >= 0.3 is 5.97 Å². The molecule has 12 heavy (non-hydrogen) atoms. The molecule has 0 radical (unpaired) electrons. The van der Waals surface area contributed by atoms with Crippen LogP contribution >= 0.6 is 0 Å². The number of esters is 1. The van der Waals surface area contributed by atoms with E-state index < -0.39 is 13.3 Å². The predicted molar refractivity (Wildman–Crippen MR) is 53.7 cm³/mol. The van der Waals surface area contributed by atoms with E-state index in [0.29, 0.717) is 0 Å². The highest BCUT2D eigenvalue weighted by atomic mass is 28.3. The summed E-state index contributed by atoms with van der Waals surface area (Å²) >= 11 is 0. The molecule has 0 aromatic heterocycles. The Bertz CT molecular complexity index is 193. The van der Waals surface area contributed by atoms with E-state index in [1.54, 1.807) is 6.08 Å². The molecule has 0 rings (SSSR count). The van der Waals surface area contributed by atoms with E-state index in [1.807, 2.05) is 6.92 Å². The number of hydrogen-bond acceptors (Lipinski definition) is 2. The zero-order chi connectivity index (χ0) is 9.99. The molecule has 0 aromatic carbocycles. The molecular formula is C9H18O2Si. The van der Waals surface area contributed by atoms with E-state index in [9.17, 15) is 4.79 Å². The SMILES string of the molecule is C=CC(C)(OC(C)=O)[Si](C)(C)C. The van der Waals surface area contributed by atoms with Gasteiger partial charge in [0.25, 0.3) is 0 Å². The lowest BCUT2D eigenvalue weighted by atomic mass is 10.4. The number of hydrogen-bond donors (Lipinski definition) is 0. The van der Waals surface area contributed by atoms with Crippen molar-refractivity contribution in [3.8, 4) is 0 Å². The Morgan fingerprint density at radius 3 is 2.00 bits per heavy atom. The molecule has 0 aliphatic rings. The summed E-state index contributed by atoms with van der Waals surface area (Å²) < 4.78 is 5.26. The molecule has 0 saturated carbocycles. The fourth-order valence-electron chi connectivity index (χ4n) is 0.800. The maximum atomic E-state index is 10.8. The zero-order valence-corrected chi connectivity index (χ0v) is 9.60. The average Bonchev–Trinajstić information content (AvgIpc) is 1.83. The Morgan fingerprint density at radius 2 is 1.92 bits per heavy atom. The van der Waals surface area contributed by atoms with E-state index in [0.717, 1.165) is 0 Å². The van der Waals surface area contributed by atoms with E-state index in [4.69, 9.17) is 4.74 Å². The molecular weight excluding hydrogens is 168 g/mol. The van der Waals surface area contributed by atoms with Crippen LogP contribution in [0.25, 0.3) is 0 Å². The molecule has 1 atom stereocenters. The standard InChI is InChI=1S/C9H18O2Si/c1-7-9(3,11-8(2)10)12(4,5)6/h7H,1H2,2-6H3. The van der Waals surface area contributed by atoms with E-state index in [-0.39, 0.29) is 5.97 Å². The third-order valence-corrected chi connectivity index (χ3v) is 5.52. The van der Waals surface area contributed by atoms with Gasteiger partial charge in [0.05, 0.1) is 0 Å². The Hall–Kier alpha value is -0.573. The summed E-state index contributed by atoms with van der Waals surface area (Å²) in [5, 5.41) is -0.446. The molecule has 0 spiro atoms. The molecule has 0 bridgehead atoms. The summed E-state index contributed by atoms with van der Waals surface area (Å²) in [6, 6.07) is 0. The Balaban J connectivity index is 4.68. The van der Waals surface area contributed by atoms with Gasteiger partial charge in [-0.05, 0) is 6.92 Å². The highest BCUT2D eigenvalue weighted by molar-refractivity contribution is 6.79. The molecule has 2 nitrogen and oxygen atoms in total. The summed E-state index contributed by atoms with van der Waals surface area (Å²) in [4.78, 5) is 10.8. The van der Waals surface area contributed by atoms with Gasteiger partial charge < -0.3 is 4.74 Å². The molecule has 0 N–H and O–H groups in total. The second-order valence-electron chi connectivity index (χ2n) is 4.15. The molecule has 0 saturated heterocycles. The van der Waals surface area contributed by atoms with Crippen molar-refractivity contribution in [1.29, 1.82) is 0 Å². The van der Waals surface area contributed by atoms with Crippen LogP contribution in [0.1, 0.15) is 13.8 Å².